The van der Waals surface area contributed by atoms with E-state index < -0.39 is 6.10 Å². The van der Waals surface area contributed by atoms with Crippen molar-refractivity contribution in [1.29, 1.82) is 0 Å². The van der Waals surface area contributed by atoms with Crippen molar-refractivity contribution in [2.75, 3.05) is 26.3 Å². The monoisotopic (exact) mass is 283 g/mol. The maximum Gasteiger partial charge on any atom is 0.129 e. The minimum absolute atomic E-state index is 0.0226. The third-order valence-corrected chi connectivity index (χ3v) is 4.01. The molecule has 2 rings (SSSR count). The largest absolute Gasteiger partial charge is 0.467 e. The predicted octanol–water partition coefficient (Wildman–Crippen LogP) is 1.30. The molecular weight excluding hydrogens is 258 g/mol. The van der Waals surface area contributed by atoms with E-state index in [0.717, 1.165) is 25.1 Å². The van der Waals surface area contributed by atoms with Gasteiger partial charge in [0, 0.05) is 25.1 Å². The number of furan rings is 1. The van der Waals surface area contributed by atoms with Crippen LogP contribution >= 0.6 is 0 Å². The zero-order valence-electron chi connectivity index (χ0n) is 11.9. The maximum absolute atomic E-state index is 9.83. The molecule has 1 aliphatic rings. The molecule has 1 aromatic rings. The van der Waals surface area contributed by atoms with E-state index in [1.165, 1.54) is 12.8 Å². The van der Waals surface area contributed by atoms with Crippen LogP contribution in [0.2, 0.25) is 0 Å². The van der Waals surface area contributed by atoms with Gasteiger partial charge in [0.25, 0.3) is 0 Å². The van der Waals surface area contributed by atoms with Crippen LogP contribution in [0.15, 0.2) is 22.8 Å². The molecule has 0 radical (unpaired) electrons. The van der Waals surface area contributed by atoms with Crippen molar-refractivity contribution >= 4 is 0 Å². The lowest BCUT2D eigenvalue weighted by Crippen LogP contribution is -2.39. The quantitative estimate of drug-likeness (QED) is 0.637. The normalized spacial score (nSPS) is 19.3. The molecule has 1 aliphatic carbocycles. The minimum atomic E-state index is -0.540. The Labute approximate surface area is 119 Å². The molecule has 0 aromatic carbocycles. The summed E-state index contributed by atoms with van der Waals surface area (Å²) in [4.78, 5) is 0. The molecule has 20 heavy (non-hydrogen) atoms. The molecule has 1 aromatic heterocycles. The van der Waals surface area contributed by atoms with Gasteiger partial charge in [-0.15, -0.1) is 0 Å². The van der Waals surface area contributed by atoms with Crippen LogP contribution in [-0.2, 0) is 11.3 Å². The van der Waals surface area contributed by atoms with E-state index in [-0.39, 0.29) is 18.6 Å². The lowest BCUT2D eigenvalue weighted by Gasteiger charge is -2.27. The Morgan fingerprint density at radius 2 is 2.20 bits per heavy atom. The summed E-state index contributed by atoms with van der Waals surface area (Å²) in [5.41, 5.74) is 0.0226. The van der Waals surface area contributed by atoms with Gasteiger partial charge >= 0.3 is 0 Å². The second-order valence-corrected chi connectivity index (χ2v) is 5.74. The lowest BCUT2D eigenvalue weighted by molar-refractivity contribution is 0.0204. The Balaban J connectivity index is 1.56. The van der Waals surface area contributed by atoms with E-state index in [1.54, 1.807) is 6.26 Å². The molecule has 3 N–H and O–H groups in total. The number of nitrogens with one attached hydrogen (secondary N) is 1. The molecule has 1 saturated carbocycles. The second-order valence-electron chi connectivity index (χ2n) is 5.74. The minimum Gasteiger partial charge on any atom is -0.467 e. The van der Waals surface area contributed by atoms with Crippen molar-refractivity contribution in [3.05, 3.63) is 24.2 Å². The summed E-state index contributed by atoms with van der Waals surface area (Å²) >= 11 is 0. The van der Waals surface area contributed by atoms with E-state index >= 15 is 0 Å². The number of hydrogen-bond donors (Lipinski definition) is 3. The van der Waals surface area contributed by atoms with Crippen LogP contribution in [0.5, 0.6) is 0 Å². The van der Waals surface area contributed by atoms with Gasteiger partial charge in [0.2, 0.25) is 0 Å². The highest BCUT2D eigenvalue weighted by molar-refractivity contribution is 4.96. The van der Waals surface area contributed by atoms with Crippen molar-refractivity contribution in [2.45, 2.75) is 38.4 Å². The third-order valence-electron chi connectivity index (χ3n) is 4.01. The molecule has 0 bridgehead atoms. The summed E-state index contributed by atoms with van der Waals surface area (Å²) in [5.74, 6) is 0.760. The molecular formula is C15H25NO4. The van der Waals surface area contributed by atoms with Gasteiger partial charge in [-0.3, -0.25) is 0 Å². The van der Waals surface area contributed by atoms with E-state index in [9.17, 15) is 10.2 Å². The molecule has 5 nitrogen and oxygen atoms in total. The van der Waals surface area contributed by atoms with E-state index in [2.05, 4.69) is 5.32 Å². The number of ether oxygens (including phenoxy) is 1. The first-order valence-corrected chi connectivity index (χ1v) is 7.34. The first kappa shape index (κ1) is 15.5. The fourth-order valence-electron chi connectivity index (χ4n) is 2.77. The highest BCUT2D eigenvalue weighted by atomic mass is 16.5. The van der Waals surface area contributed by atoms with Crippen molar-refractivity contribution in [3.8, 4) is 0 Å². The van der Waals surface area contributed by atoms with Crippen LogP contribution in [0.3, 0.4) is 0 Å². The van der Waals surface area contributed by atoms with Crippen LogP contribution in [0.25, 0.3) is 0 Å². The Bertz CT molecular complexity index is 360. The molecule has 1 unspecified atom stereocenters. The van der Waals surface area contributed by atoms with Crippen molar-refractivity contribution < 1.29 is 19.4 Å². The van der Waals surface area contributed by atoms with Crippen LogP contribution in [-0.4, -0.2) is 42.6 Å². The van der Waals surface area contributed by atoms with Crippen LogP contribution < -0.4 is 5.32 Å². The summed E-state index contributed by atoms with van der Waals surface area (Å²) in [6, 6.07) is 3.66. The Hall–Kier alpha value is -0.880. The average Bonchev–Trinajstić information content (AvgIpc) is 3.10. The molecule has 0 saturated heterocycles. The summed E-state index contributed by atoms with van der Waals surface area (Å²) in [6.07, 6.45) is 5.59. The average molecular weight is 283 g/mol. The summed E-state index contributed by atoms with van der Waals surface area (Å²) in [5, 5.41) is 22.6. The molecule has 1 heterocycles. The second kappa shape index (κ2) is 7.78. The van der Waals surface area contributed by atoms with Crippen molar-refractivity contribution in [3.63, 3.8) is 0 Å². The van der Waals surface area contributed by atoms with Gasteiger partial charge < -0.3 is 24.7 Å². The van der Waals surface area contributed by atoms with Crippen LogP contribution in [0.4, 0.5) is 0 Å². The number of hydrogen-bond acceptors (Lipinski definition) is 5. The maximum atomic E-state index is 9.83. The fraction of sp³-hybridized carbons (Fsp3) is 0.733. The first-order chi connectivity index (χ1) is 9.74. The zero-order valence-corrected chi connectivity index (χ0v) is 11.9. The van der Waals surface area contributed by atoms with E-state index in [1.807, 2.05) is 12.1 Å². The smallest absolute Gasteiger partial charge is 0.129 e. The van der Waals surface area contributed by atoms with Crippen molar-refractivity contribution in [1.82, 2.24) is 5.32 Å². The highest BCUT2D eigenvalue weighted by Crippen LogP contribution is 2.36. The topological polar surface area (TPSA) is 74.9 Å². The number of rotatable bonds is 9. The van der Waals surface area contributed by atoms with Gasteiger partial charge in [-0.05, 0) is 25.0 Å². The highest BCUT2D eigenvalue weighted by Gasteiger charge is 2.32. The van der Waals surface area contributed by atoms with E-state index in [0.29, 0.717) is 13.2 Å². The van der Waals surface area contributed by atoms with Gasteiger partial charge in [0.1, 0.15) is 12.4 Å². The Morgan fingerprint density at radius 3 is 2.85 bits per heavy atom. The van der Waals surface area contributed by atoms with Gasteiger partial charge in [-0.1, -0.05) is 12.8 Å². The summed E-state index contributed by atoms with van der Waals surface area (Å²) in [7, 11) is 0. The molecule has 0 spiro atoms. The van der Waals surface area contributed by atoms with E-state index in [4.69, 9.17) is 9.15 Å². The lowest BCUT2D eigenvalue weighted by atomic mass is 9.87. The summed E-state index contributed by atoms with van der Waals surface area (Å²) < 4.78 is 10.5. The van der Waals surface area contributed by atoms with Crippen LogP contribution in [0, 0.1) is 5.41 Å². The molecule has 5 heteroatoms. The molecule has 0 amide bonds. The van der Waals surface area contributed by atoms with Gasteiger partial charge in [-0.2, -0.15) is 0 Å². The van der Waals surface area contributed by atoms with Crippen molar-refractivity contribution in [2.24, 2.45) is 5.41 Å². The first-order valence-electron chi connectivity index (χ1n) is 7.34. The third kappa shape index (κ3) is 4.59. The molecule has 114 valence electrons. The Kier molecular flexibility index (Phi) is 6.04. The SMILES string of the molecule is OCC1(CNCC(O)COCc2ccco2)CCCC1. The molecule has 0 aliphatic heterocycles. The van der Waals surface area contributed by atoms with Gasteiger partial charge in [-0.25, -0.2) is 0 Å². The molecule has 1 atom stereocenters. The van der Waals surface area contributed by atoms with Gasteiger partial charge in [0.05, 0.1) is 19.0 Å². The number of aliphatic hydroxyl groups excluding tert-OH is 2. The fourth-order valence-corrected chi connectivity index (χ4v) is 2.77. The number of aliphatic hydroxyl groups is 2. The van der Waals surface area contributed by atoms with Crippen LogP contribution in [0.1, 0.15) is 31.4 Å². The standard InChI is InChI=1S/C15H25NO4/c17-12-15(5-1-2-6-15)11-16-8-13(18)9-19-10-14-4-3-7-20-14/h3-4,7,13,16-18H,1-2,5-6,8-12H2. The molecule has 1 fully saturated rings. The van der Waals surface area contributed by atoms with Gasteiger partial charge in [0.15, 0.2) is 0 Å². The Morgan fingerprint density at radius 1 is 1.40 bits per heavy atom. The predicted molar refractivity (Wildman–Crippen MR) is 75.2 cm³/mol. The zero-order chi connectivity index (χ0) is 14.3. The summed E-state index contributed by atoms with van der Waals surface area (Å²) in [6.45, 7) is 2.13.